The molecular formula is C8H17NO3. The van der Waals surface area contributed by atoms with Gasteiger partial charge in [0.1, 0.15) is 6.10 Å². The molecule has 0 spiro atoms. The second-order valence-electron chi connectivity index (χ2n) is 2.85. The van der Waals surface area contributed by atoms with Gasteiger partial charge in [0.05, 0.1) is 13.2 Å². The molecule has 0 amide bonds. The van der Waals surface area contributed by atoms with Crippen LogP contribution in [0.15, 0.2) is 0 Å². The second-order valence-corrected chi connectivity index (χ2v) is 2.85. The normalized spacial score (nSPS) is 15.7. The molecule has 0 rings (SSSR count). The average molecular weight is 175 g/mol. The highest BCUT2D eigenvalue weighted by Crippen LogP contribution is 1.89. The van der Waals surface area contributed by atoms with Crippen LogP contribution < -0.4 is 5.32 Å². The van der Waals surface area contributed by atoms with Crippen molar-refractivity contribution in [1.82, 2.24) is 5.32 Å². The fourth-order valence-corrected chi connectivity index (χ4v) is 0.557. The maximum Gasteiger partial charge on any atom is 0.160 e. The SMILES string of the molecule is CNC(C)COCC(O)C(C)=O. The molecule has 2 atom stereocenters. The molecule has 0 aromatic heterocycles. The first-order chi connectivity index (χ1) is 5.57. The maximum absolute atomic E-state index is 10.5. The predicted molar refractivity (Wildman–Crippen MR) is 46.0 cm³/mol. The van der Waals surface area contributed by atoms with E-state index in [2.05, 4.69) is 5.32 Å². The molecule has 0 aromatic carbocycles. The molecular weight excluding hydrogens is 158 g/mol. The molecule has 0 saturated carbocycles. The third-order valence-electron chi connectivity index (χ3n) is 1.61. The van der Waals surface area contributed by atoms with Crippen LogP contribution in [-0.4, -0.2) is 43.3 Å². The number of aliphatic hydroxyl groups is 1. The number of carbonyl (C=O) groups is 1. The Kier molecular flexibility index (Phi) is 5.88. The lowest BCUT2D eigenvalue weighted by atomic mass is 10.3. The van der Waals surface area contributed by atoms with Gasteiger partial charge in [0.15, 0.2) is 5.78 Å². The molecule has 4 nitrogen and oxygen atoms in total. The van der Waals surface area contributed by atoms with E-state index in [0.717, 1.165) is 0 Å². The fourth-order valence-electron chi connectivity index (χ4n) is 0.557. The molecule has 0 aromatic rings. The molecule has 2 N–H and O–H groups in total. The molecule has 2 unspecified atom stereocenters. The van der Waals surface area contributed by atoms with E-state index in [0.29, 0.717) is 6.61 Å². The molecule has 0 aliphatic carbocycles. The van der Waals surface area contributed by atoms with Crippen LogP contribution in [0, 0.1) is 0 Å². The van der Waals surface area contributed by atoms with Gasteiger partial charge >= 0.3 is 0 Å². The third kappa shape index (κ3) is 5.23. The summed E-state index contributed by atoms with van der Waals surface area (Å²) in [4.78, 5) is 10.5. The zero-order valence-electron chi connectivity index (χ0n) is 7.83. The first-order valence-electron chi connectivity index (χ1n) is 4.01. The minimum Gasteiger partial charge on any atom is -0.383 e. The van der Waals surface area contributed by atoms with Crippen LogP contribution in [-0.2, 0) is 9.53 Å². The van der Waals surface area contributed by atoms with E-state index in [1.165, 1.54) is 6.92 Å². The van der Waals surface area contributed by atoms with E-state index in [1.54, 1.807) is 0 Å². The molecule has 0 bridgehead atoms. The van der Waals surface area contributed by atoms with Gasteiger partial charge in [0.2, 0.25) is 0 Å². The largest absolute Gasteiger partial charge is 0.383 e. The summed E-state index contributed by atoms with van der Waals surface area (Å²) in [5.41, 5.74) is 0. The van der Waals surface area contributed by atoms with Gasteiger partial charge < -0.3 is 15.2 Å². The summed E-state index contributed by atoms with van der Waals surface area (Å²) >= 11 is 0. The van der Waals surface area contributed by atoms with E-state index in [1.807, 2.05) is 14.0 Å². The van der Waals surface area contributed by atoms with Gasteiger partial charge in [-0.1, -0.05) is 0 Å². The minimum absolute atomic E-state index is 0.0847. The standard InChI is InChI=1S/C8H17NO3/c1-6(9-3)4-12-5-8(11)7(2)10/h6,8-9,11H,4-5H2,1-3H3. The van der Waals surface area contributed by atoms with E-state index in [4.69, 9.17) is 9.84 Å². The number of hydrogen-bond acceptors (Lipinski definition) is 4. The lowest BCUT2D eigenvalue weighted by Crippen LogP contribution is -2.30. The third-order valence-corrected chi connectivity index (χ3v) is 1.61. The van der Waals surface area contributed by atoms with E-state index >= 15 is 0 Å². The number of Topliss-reactive ketones (excluding diaryl/α,β-unsaturated/α-hetero) is 1. The van der Waals surface area contributed by atoms with Gasteiger partial charge in [-0.25, -0.2) is 0 Å². The Morgan fingerprint density at radius 2 is 2.17 bits per heavy atom. The monoisotopic (exact) mass is 175 g/mol. The average Bonchev–Trinajstić information content (AvgIpc) is 2.03. The highest BCUT2D eigenvalue weighted by Gasteiger charge is 2.09. The minimum atomic E-state index is -0.978. The number of hydrogen-bond donors (Lipinski definition) is 2. The molecule has 4 heteroatoms. The van der Waals surface area contributed by atoms with E-state index < -0.39 is 6.10 Å². The first-order valence-corrected chi connectivity index (χ1v) is 4.01. The van der Waals surface area contributed by atoms with Crippen molar-refractivity contribution in [1.29, 1.82) is 0 Å². The quantitative estimate of drug-likeness (QED) is 0.574. The van der Waals surface area contributed by atoms with Gasteiger partial charge in [-0.15, -0.1) is 0 Å². The van der Waals surface area contributed by atoms with Crippen LogP contribution >= 0.6 is 0 Å². The van der Waals surface area contributed by atoms with Crippen molar-refractivity contribution in [2.45, 2.75) is 26.0 Å². The van der Waals surface area contributed by atoms with Crippen LogP contribution in [0.25, 0.3) is 0 Å². The van der Waals surface area contributed by atoms with Crippen molar-refractivity contribution in [3.05, 3.63) is 0 Å². The molecule has 0 aliphatic rings. The molecule has 0 aliphatic heterocycles. The Morgan fingerprint density at radius 3 is 2.58 bits per heavy atom. The Labute approximate surface area is 72.9 Å². The molecule has 12 heavy (non-hydrogen) atoms. The summed E-state index contributed by atoms with van der Waals surface area (Å²) in [5.74, 6) is -0.257. The van der Waals surface area contributed by atoms with E-state index in [-0.39, 0.29) is 18.4 Å². The topological polar surface area (TPSA) is 58.6 Å². The van der Waals surface area contributed by atoms with Crippen LogP contribution in [0.4, 0.5) is 0 Å². The summed E-state index contributed by atoms with van der Waals surface area (Å²) in [6.45, 7) is 3.89. The van der Waals surface area contributed by atoms with Crippen LogP contribution in [0.2, 0.25) is 0 Å². The summed E-state index contributed by atoms with van der Waals surface area (Å²) in [6, 6.07) is 0.240. The van der Waals surface area contributed by atoms with E-state index in [9.17, 15) is 4.79 Å². The van der Waals surface area contributed by atoms with Crippen LogP contribution in [0.3, 0.4) is 0 Å². The summed E-state index contributed by atoms with van der Waals surface area (Å²) in [7, 11) is 1.83. The van der Waals surface area contributed by atoms with Crippen molar-refractivity contribution in [2.75, 3.05) is 20.3 Å². The fraction of sp³-hybridized carbons (Fsp3) is 0.875. The number of aliphatic hydroxyl groups excluding tert-OH is 1. The van der Waals surface area contributed by atoms with Crippen molar-refractivity contribution >= 4 is 5.78 Å². The number of nitrogens with one attached hydrogen (secondary N) is 1. The highest BCUT2D eigenvalue weighted by molar-refractivity contribution is 5.80. The maximum atomic E-state index is 10.5. The Bertz CT molecular complexity index is 138. The van der Waals surface area contributed by atoms with Crippen molar-refractivity contribution < 1.29 is 14.6 Å². The molecule has 0 heterocycles. The lowest BCUT2D eigenvalue weighted by molar-refractivity contribution is -0.128. The second kappa shape index (κ2) is 6.11. The summed E-state index contributed by atoms with van der Waals surface area (Å²) in [5, 5.41) is 12.0. The summed E-state index contributed by atoms with van der Waals surface area (Å²) in [6.07, 6.45) is -0.978. The van der Waals surface area contributed by atoms with Gasteiger partial charge in [-0.3, -0.25) is 4.79 Å². The van der Waals surface area contributed by atoms with Crippen molar-refractivity contribution in [3.63, 3.8) is 0 Å². The van der Waals surface area contributed by atoms with Gasteiger partial charge in [0, 0.05) is 6.04 Å². The smallest absolute Gasteiger partial charge is 0.160 e. The number of rotatable bonds is 6. The van der Waals surface area contributed by atoms with Crippen LogP contribution in [0.5, 0.6) is 0 Å². The highest BCUT2D eigenvalue weighted by atomic mass is 16.5. The zero-order chi connectivity index (χ0) is 9.56. The predicted octanol–water partition coefficient (Wildman–Crippen LogP) is -0.439. The van der Waals surface area contributed by atoms with Gasteiger partial charge in [-0.05, 0) is 20.9 Å². The Balaban J connectivity index is 3.37. The number of carbonyl (C=O) groups excluding carboxylic acids is 1. The zero-order valence-corrected chi connectivity index (χ0v) is 7.83. The Hall–Kier alpha value is -0.450. The Morgan fingerprint density at radius 1 is 1.58 bits per heavy atom. The van der Waals surface area contributed by atoms with Crippen LogP contribution in [0.1, 0.15) is 13.8 Å². The van der Waals surface area contributed by atoms with Gasteiger partial charge in [-0.2, -0.15) is 0 Å². The molecule has 0 fully saturated rings. The lowest BCUT2D eigenvalue weighted by Gasteiger charge is -2.12. The number of ether oxygens (including phenoxy) is 1. The molecule has 72 valence electrons. The van der Waals surface area contributed by atoms with Crippen molar-refractivity contribution in [3.8, 4) is 0 Å². The number of likely N-dealkylation sites (N-methyl/N-ethyl adjacent to an activating group) is 1. The summed E-state index contributed by atoms with van der Waals surface area (Å²) < 4.78 is 5.08. The number of ketones is 1. The van der Waals surface area contributed by atoms with Crippen molar-refractivity contribution in [2.24, 2.45) is 0 Å². The van der Waals surface area contributed by atoms with Gasteiger partial charge in [0.25, 0.3) is 0 Å². The molecule has 0 saturated heterocycles. The molecule has 0 radical (unpaired) electrons. The first kappa shape index (κ1) is 11.6.